The highest BCUT2D eigenvalue weighted by Gasteiger charge is 2.32. The predicted octanol–water partition coefficient (Wildman–Crippen LogP) is 2.41. The van der Waals surface area contributed by atoms with Crippen LogP contribution in [0.1, 0.15) is 45.4 Å². The molecule has 1 aliphatic carbocycles. The molecule has 2 amide bonds. The summed E-state index contributed by atoms with van der Waals surface area (Å²) in [4.78, 5) is 26.9. The minimum atomic E-state index is -0.765. The fourth-order valence-electron chi connectivity index (χ4n) is 3.55. The molecule has 3 unspecified atom stereocenters. The number of nitrogens with zero attached hydrogens (tertiary/aromatic N) is 2. The zero-order valence-electron chi connectivity index (χ0n) is 12.5. The molecule has 0 aromatic rings. The van der Waals surface area contributed by atoms with E-state index in [1.807, 2.05) is 16.8 Å². The van der Waals surface area contributed by atoms with Crippen LogP contribution in [0, 0.1) is 11.8 Å². The van der Waals surface area contributed by atoms with Crippen molar-refractivity contribution in [1.29, 1.82) is 0 Å². The van der Waals surface area contributed by atoms with Gasteiger partial charge in [-0.05, 0) is 31.1 Å². The highest BCUT2D eigenvalue weighted by molar-refractivity contribution is 5.75. The van der Waals surface area contributed by atoms with E-state index in [9.17, 15) is 9.59 Å². The molecule has 0 spiro atoms. The number of likely N-dealkylation sites (tertiary alicyclic amines) is 1. The van der Waals surface area contributed by atoms with Crippen molar-refractivity contribution in [3.63, 3.8) is 0 Å². The molecule has 1 saturated carbocycles. The van der Waals surface area contributed by atoms with Gasteiger partial charge in [-0.15, -0.1) is 0 Å². The fraction of sp³-hybridized carbons (Fsp3) is 0.867. The topological polar surface area (TPSA) is 60.9 Å². The highest BCUT2D eigenvalue weighted by atomic mass is 16.4. The highest BCUT2D eigenvalue weighted by Crippen LogP contribution is 2.28. The molecule has 2 aliphatic rings. The zero-order valence-corrected chi connectivity index (χ0v) is 12.5. The SMILES string of the molecule is CC1CCCC(N(C)C(=O)N2CCC(CC(=O)O)C2)C1. The van der Waals surface area contributed by atoms with Crippen molar-refractivity contribution in [2.24, 2.45) is 11.8 Å². The summed E-state index contributed by atoms with van der Waals surface area (Å²) < 4.78 is 0. The Morgan fingerprint density at radius 3 is 2.70 bits per heavy atom. The molecule has 114 valence electrons. The molecule has 0 aromatic carbocycles. The molecule has 5 heteroatoms. The molecular formula is C15H26N2O3. The Labute approximate surface area is 120 Å². The lowest BCUT2D eigenvalue weighted by molar-refractivity contribution is -0.138. The van der Waals surface area contributed by atoms with Crippen molar-refractivity contribution < 1.29 is 14.7 Å². The van der Waals surface area contributed by atoms with Crippen LogP contribution in [-0.4, -0.2) is 53.1 Å². The minimum absolute atomic E-state index is 0.0805. The summed E-state index contributed by atoms with van der Waals surface area (Å²) in [5.41, 5.74) is 0. The molecule has 0 bridgehead atoms. The summed E-state index contributed by atoms with van der Waals surface area (Å²) >= 11 is 0. The van der Waals surface area contributed by atoms with Crippen LogP contribution < -0.4 is 0 Å². The van der Waals surface area contributed by atoms with Gasteiger partial charge in [-0.1, -0.05) is 19.8 Å². The number of carboxylic acid groups (broad SMARTS) is 1. The van der Waals surface area contributed by atoms with E-state index in [2.05, 4.69) is 6.92 Å². The van der Waals surface area contributed by atoms with Crippen molar-refractivity contribution >= 4 is 12.0 Å². The molecule has 0 aromatic heterocycles. The van der Waals surface area contributed by atoms with Crippen LogP contribution in [0.4, 0.5) is 4.79 Å². The molecular weight excluding hydrogens is 256 g/mol. The van der Waals surface area contributed by atoms with Gasteiger partial charge < -0.3 is 14.9 Å². The first-order chi connectivity index (χ1) is 9.47. The number of aliphatic carboxylic acids is 1. The lowest BCUT2D eigenvalue weighted by atomic mass is 9.86. The van der Waals surface area contributed by atoms with Crippen LogP contribution in [0.5, 0.6) is 0 Å². The summed E-state index contributed by atoms with van der Waals surface area (Å²) in [6.45, 7) is 3.55. The molecule has 5 nitrogen and oxygen atoms in total. The fourth-order valence-corrected chi connectivity index (χ4v) is 3.55. The largest absolute Gasteiger partial charge is 0.481 e. The first-order valence-electron chi connectivity index (χ1n) is 7.71. The number of carbonyl (C=O) groups is 2. The lowest BCUT2D eigenvalue weighted by Crippen LogP contribution is -2.46. The Morgan fingerprint density at radius 2 is 2.05 bits per heavy atom. The molecule has 20 heavy (non-hydrogen) atoms. The number of hydrogen-bond donors (Lipinski definition) is 1. The van der Waals surface area contributed by atoms with Gasteiger partial charge in [0.1, 0.15) is 0 Å². The van der Waals surface area contributed by atoms with Crippen molar-refractivity contribution in [2.75, 3.05) is 20.1 Å². The number of carboxylic acids is 1. The summed E-state index contributed by atoms with van der Waals surface area (Å²) in [5.74, 6) is 0.0521. The number of rotatable bonds is 3. The van der Waals surface area contributed by atoms with Crippen LogP contribution in [0.2, 0.25) is 0 Å². The standard InChI is InChI=1S/C15H26N2O3/c1-11-4-3-5-13(8-11)16(2)15(20)17-7-6-12(10-17)9-14(18)19/h11-13H,3-10H2,1-2H3,(H,18,19). The third-order valence-electron chi connectivity index (χ3n) is 4.78. The minimum Gasteiger partial charge on any atom is -0.481 e. The van der Waals surface area contributed by atoms with Crippen LogP contribution in [0.25, 0.3) is 0 Å². The lowest BCUT2D eigenvalue weighted by Gasteiger charge is -2.36. The molecule has 2 fully saturated rings. The maximum atomic E-state index is 12.5. The monoisotopic (exact) mass is 282 g/mol. The number of carbonyl (C=O) groups excluding carboxylic acids is 1. The second-order valence-electron chi connectivity index (χ2n) is 6.52. The molecule has 1 N–H and O–H groups in total. The van der Waals surface area contributed by atoms with Gasteiger partial charge in [0.2, 0.25) is 0 Å². The maximum absolute atomic E-state index is 12.5. The predicted molar refractivity (Wildman–Crippen MR) is 76.5 cm³/mol. The van der Waals surface area contributed by atoms with E-state index in [4.69, 9.17) is 5.11 Å². The van der Waals surface area contributed by atoms with Crippen LogP contribution in [0.15, 0.2) is 0 Å². The molecule has 1 saturated heterocycles. The van der Waals surface area contributed by atoms with Crippen LogP contribution in [0.3, 0.4) is 0 Å². The molecule has 1 aliphatic heterocycles. The average molecular weight is 282 g/mol. The number of amides is 2. The normalized spacial score (nSPS) is 30.3. The molecule has 0 radical (unpaired) electrons. The summed E-state index contributed by atoms with van der Waals surface area (Å²) in [6, 6.07) is 0.432. The van der Waals surface area contributed by atoms with E-state index in [0.717, 1.165) is 19.3 Å². The number of urea groups is 1. The van der Waals surface area contributed by atoms with Gasteiger partial charge in [-0.25, -0.2) is 4.79 Å². The Morgan fingerprint density at radius 1 is 1.30 bits per heavy atom. The van der Waals surface area contributed by atoms with Crippen LogP contribution >= 0.6 is 0 Å². The molecule has 1 heterocycles. The van der Waals surface area contributed by atoms with Gasteiger partial charge in [-0.2, -0.15) is 0 Å². The zero-order chi connectivity index (χ0) is 14.7. The summed E-state index contributed by atoms with van der Waals surface area (Å²) in [7, 11) is 1.90. The van der Waals surface area contributed by atoms with Gasteiger partial charge in [-0.3, -0.25) is 4.79 Å². The first-order valence-corrected chi connectivity index (χ1v) is 7.71. The Kier molecular flexibility index (Phi) is 4.89. The third-order valence-corrected chi connectivity index (χ3v) is 4.78. The number of hydrogen-bond acceptors (Lipinski definition) is 2. The quantitative estimate of drug-likeness (QED) is 0.864. The van der Waals surface area contributed by atoms with E-state index in [-0.39, 0.29) is 18.4 Å². The van der Waals surface area contributed by atoms with E-state index < -0.39 is 5.97 Å². The first kappa shape index (κ1) is 15.1. The summed E-state index contributed by atoms with van der Waals surface area (Å²) in [6.07, 6.45) is 5.64. The Balaban J connectivity index is 1.86. The van der Waals surface area contributed by atoms with Gasteiger partial charge in [0.15, 0.2) is 0 Å². The van der Waals surface area contributed by atoms with E-state index in [0.29, 0.717) is 25.0 Å². The van der Waals surface area contributed by atoms with E-state index in [1.165, 1.54) is 12.8 Å². The second kappa shape index (κ2) is 6.46. The Hall–Kier alpha value is -1.26. The van der Waals surface area contributed by atoms with Crippen molar-refractivity contribution in [3.05, 3.63) is 0 Å². The molecule has 2 rings (SSSR count). The van der Waals surface area contributed by atoms with E-state index >= 15 is 0 Å². The van der Waals surface area contributed by atoms with Crippen LogP contribution in [-0.2, 0) is 4.79 Å². The van der Waals surface area contributed by atoms with Crippen molar-refractivity contribution in [1.82, 2.24) is 9.80 Å². The van der Waals surface area contributed by atoms with Crippen molar-refractivity contribution in [3.8, 4) is 0 Å². The third kappa shape index (κ3) is 3.64. The van der Waals surface area contributed by atoms with Crippen molar-refractivity contribution in [2.45, 2.75) is 51.5 Å². The van der Waals surface area contributed by atoms with Gasteiger partial charge in [0, 0.05) is 32.6 Å². The van der Waals surface area contributed by atoms with Gasteiger partial charge >= 0.3 is 12.0 Å². The second-order valence-corrected chi connectivity index (χ2v) is 6.52. The summed E-state index contributed by atoms with van der Waals surface area (Å²) in [5, 5.41) is 8.83. The van der Waals surface area contributed by atoms with Gasteiger partial charge in [0.25, 0.3) is 0 Å². The molecule has 3 atom stereocenters. The smallest absolute Gasteiger partial charge is 0.319 e. The maximum Gasteiger partial charge on any atom is 0.319 e. The van der Waals surface area contributed by atoms with Gasteiger partial charge in [0.05, 0.1) is 0 Å². The van der Waals surface area contributed by atoms with E-state index in [1.54, 1.807) is 0 Å². The average Bonchev–Trinajstić information content (AvgIpc) is 2.84. The Bertz CT molecular complexity index is 372.